The van der Waals surface area contributed by atoms with Crippen molar-refractivity contribution in [2.24, 2.45) is 0 Å². The number of halogens is 1. The zero-order valence-electron chi connectivity index (χ0n) is 9.23. The van der Waals surface area contributed by atoms with Crippen LogP contribution in [0.1, 0.15) is 6.42 Å². The molecular weight excluding hydrogens is 290 g/mol. The standard InChI is InChI=1S/C10H14BrN3O3/c11-9-8(13-7-1-4-17-6-7)5-12-14(2-3-15)10(9)16/h5,7,13,15H,1-4,6H2. The van der Waals surface area contributed by atoms with Gasteiger partial charge in [0.2, 0.25) is 0 Å². The van der Waals surface area contributed by atoms with Gasteiger partial charge in [0, 0.05) is 6.61 Å². The Kier molecular flexibility index (Phi) is 4.14. The summed E-state index contributed by atoms with van der Waals surface area (Å²) in [5.41, 5.74) is 0.419. The first-order chi connectivity index (χ1) is 8.22. The molecule has 17 heavy (non-hydrogen) atoms. The first kappa shape index (κ1) is 12.5. The lowest BCUT2D eigenvalue weighted by Crippen LogP contribution is -2.28. The fourth-order valence-electron chi connectivity index (χ4n) is 1.69. The molecule has 6 nitrogen and oxygen atoms in total. The molecule has 0 spiro atoms. The predicted molar refractivity (Wildman–Crippen MR) is 66.1 cm³/mol. The van der Waals surface area contributed by atoms with Crippen LogP contribution in [0, 0.1) is 0 Å². The van der Waals surface area contributed by atoms with Gasteiger partial charge in [-0.2, -0.15) is 5.10 Å². The second-order valence-corrected chi connectivity index (χ2v) is 4.62. The van der Waals surface area contributed by atoms with Crippen molar-refractivity contribution in [1.82, 2.24) is 9.78 Å². The molecule has 1 fully saturated rings. The molecule has 94 valence electrons. The van der Waals surface area contributed by atoms with Crippen LogP contribution in [0.15, 0.2) is 15.5 Å². The van der Waals surface area contributed by atoms with E-state index in [0.717, 1.165) is 13.0 Å². The normalized spacial score (nSPS) is 19.5. The average molecular weight is 304 g/mol. The summed E-state index contributed by atoms with van der Waals surface area (Å²) in [7, 11) is 0. The molecule has 0 aromatic carbocycles. The monoisotopic (exact) mass is 303 g/mol. The highest BCUT2D eigenvalue weighted by molar-refractivity contribution is 9.10. The maximum Gasteiger partial charge on any atom is 0.283 e. The fourth-order valence-corrected chi connectivity index (χ4v) is 2.11. The smallest absolute Gasteiger partial charge is 0.283 e. The van der Waals surface area contributed by atoms with Crippen molar-refractivity contribution in [2.45, 2.75) is 19.0 Å². The van der Waals surface area contributed by atoms with Crippen LogP contribution in [0.25, 0.3) is 0 Å². The maximum atomic E-state index is 11.8. The first-order valence-corrected chi connectivity index (χ1v) is 6.22. The number of hydrogen-bond donors (Lipinski definition) is 2. The quantitative estimate of drug-likeness (QED) is 0.831. The minimum Gasteiger partial charge on any atom is -0.394 e. The lowest BCUT2D eigenvalue weighted by atomic mass is 10.2. The summed E-state index contributed by atoms with van der Waals surface area (Å²) in [6, 6.07) is 0.223. The maximum absolute atomic E-state index is 11.8. The highest BCUT2D eigenvalue weighted by Gasteiger charge is 2.17. The summed E-state index contributed by atoms with van der Waals surface area (Å²) in [5.74, 6) is 0. The van der Waals surface area contributed by atoms with Crippen LogP contribution in [-0.4, -0.2) is 40.7 Å². The Bertz CT molecular complexity index is 443. The molecule has 1 saturated heterocycles. The van der Waals surface area contributed by atoms with Crippen LogP contribution < -0.4 is 10.9 Å². The number of nitrogens with one attached hydrogen (secondary N) is 1. The van der Waals surface area contributed by atoms with Gasteiger partial charge in [-0.15, -0.1) is 0 Å². The average Bonchev–Trinajstić information content (AvgIpc) is 2.82. The van der Waals surface area contributed by atoms with Gasteiger partial charge in [-0.05, 0) is 22.4 Å². The molecule has 0 amide bonds. The molecule has 2 rings (SSSR count). The van der Waals surface area contributed by atoms with Gasteiger partial charge in [0.25, 0.3) is 5.56 Å². The molecule has 1 aliphatic heterocycles. The largest absolute Gasteiger partial charge is 0.394 e. The molecule has 0 radical (unpaired) electrons. The summed E-state index contributed by atoms with van der Waals surface area (Å²) >= 11 is 3.25. The Morgan fingerprint density at radius 3 is 3.18 bits per heavy atom. The minimum absolute atomic E-state index is 0.109. The van der Waals surface area contributed by atoms with Gasteiger partial charge in [0.1, 0.15) is 4.47 Å². The van der Waals surface area contributed by atoms with Crippen LogP contribution in [-0.2, 0) is 11.3 Å². The van der Waals surface area contributed by atoms with Crippen molar-refractivity contribution >= 4 is 21.6 Å². The Labute approximate surface area is 107 Å². The molecule has 2 N–H and O–H groups in total. The van der Waals surface area contributed by atoms with E-state index in [0.29, 0.717) is 16.8 Å². The molecule has 1 atom stereocenters. The number of rotatable bonds is 4. The Balaban J connectivity index is 2.18. The highest BCUT2D eigenvalue weighted by atomic mass is 79.9. The molecule has 2 heterocycles. The second-order valence-electron chi connectivity index (χ2n) is 3.83. The van der Waals surface area contributed by atoms with E-state index in [9.17, 15) is 4.79 Å². The third-order valence-corrected chi connectivity index (χ3v) is 3.35. The third kappa shape index (κ3) is 2.85. The minimum atomic E-state index is -0.247. The van der Waals surface area contributed by atoms with Crippen molar-refractivity contribution in [1.29, 1.82) is 0 Å². The summed E-state index contributed by atoms with van der Waals surface area (Å²) < 4.78 is 6.91. The number of aromatic nitrogens is 2. The summed E-state index contributed by atoms with van der Waals surface area (Å²) in [6.45, 7) is 1.48. The summed E-state index contributed by atoms with van der Waals surface area (Å²) in [5, 5.41) is 16.0. The van der Waals surface area contributed by atoms with Gasteiger partial charge in [0.15, 0.2) is 0 Å². The van der Waals surface area contributed by atoms with Gasteiger partial charge >= 0.3 is 0 Å². The number of anilines is 1. The number of ether oxygens (including phenoxy) is 1. The molecule has 0 saturated carbocycles. The van der Waals surface area contributed by atoms with E-state index in [2.05, 4.69) is 26.3 Å². The van der Waals surface area contributed by atoms with Crippen LogP contribution in [0.4, 0.5) is 5.69 Å². The predicted octanol–water partition coefficient (Wildman–Crippen LogP) is 0.199. The van der Waals surface area contributed by atoms with Crippen LogP contribution in [0.3, 0.4) is 0 Å². The lowest BCUT2D eigenvalue weighted by Gasteiger charge is -2.13. The zero-order chi connectivity index (χ0) is 12.3. The second kappa shape index (κ2) is 5.61. The van der Waals surface area contributed by atoms with Crippen molar-refractivity contribution in [3.63, 3.8) is 0 Å². The Hall–Kier alpha value is -0.920. The number of aliphatic hydroxyl groups excluding tert-OH is 1. The Morgan fingerprint density at radius 2 is 2.53 bits per heavy atom. The molecule has 1 aliphatic rings. The van der Waals surface area contributed by atoms with E-state index in [4.69, 9.17) is 9.84 Å². The van der Waals surface area contributed by atoms with E-state index in [1.165, 1.54) is 4.68 Å². The van der Waals surface area contributed by atoms with Crippen molar-refractivity contribution in [3.05, 3.63) is 21.0 Å². The Morgan fingerprint density at radius 1 is 1.71 bits per heavy atom. The van der Waals surface area contributed by atoms with E-state index in [1.54, 1.807) is 6.20 Å². The zero-order valence-corrected chi connectivity index (χ0v) is 10.8. The van der Waals surface area contributed by atoms with Gasteiger partial charge in [0.05, 0.1) is 37.7 Å². The molecule has 0 aliphatic carbocycles. The topological polar surface area (TPSA) is 76.4 Å². The van der Waals surface area contributed by atoms with E-state index < -0.39 is 0 Å². The van der Waals surface area contributed by atoms with Crippen LogP contribution in [0.2, 0.25) is 0 Å². The molecular formula is C10H14BrN3O3. The fraction of sp³-hybridized carbons (Fsp3) is 0.600. The summed E-state index contributed by atoms with van der Waals surface area (Å²) in [6.07, 6.45) is 2.51. The van der Waals surface area contributed by atoms with E-state index in [1.807, 2.05) is 0 Å². The van der Waals surface area contributed by atoms with Crippen LogP contribution >= 0.6 is 15.9 Å². The number of aliphatic hydroxyl groups is 1. The molecule has 1 unspecified atom stereocenters. The lowest BCUT2D eigenvalue weighted by molar-refractivity contribution is 0.195. The number of hydrogen-bond acceptors (Lipinski definition) is 5. The molecule has 7 heteroatoms. The van der Waals surface area contributed by atoms with Gasteiger partial charge in [-0.1, -0.05) is 0 Å². The van der Waals surface area contributed by atoms with Crippen molar-refractivity contribution in [2.75, 3.05) is 25.1 Å². The van der Waals surface area contributed by atoms with Crippen molar-refractivity contribution in [3.8, 4) is 0 Å². The molecule has 1 aromatic heterocycles. The van der Waals surface area contributed by atoms with Crippen LogP contribution in [0.5, 0.6) is 0 Å². The molecule has 1 aromatic rings. The van der Waals surface area contributed by atoms with E-state index >= 15 is 0 Å². The molecule has 0 bridgehead atoms. The van der Waals surface area contributed by atoms with E-state index in [-0.39, 0.29) is 24.8 Å². The third-order valence-electron chi connectivity index (χ3n) is 2.59. The van der Waals surface area contributed by atoms with Gasteiger partial charge in [-0.25, -0.2) is 4.68 Å². The van der Waals surface area contributed by atoms with Crippen molar-refractivity contribution < 1.29 is 9.84 Å². The SMILES string of the molecule is O=c1c(Br)c(NC2CCOC2)cnn1CCO. The number of nitrogens with zero attached hydrogens (tertiary/aromatic N) is 2. The van der Waals surface area contributed by atoms with Gasteiger partial charge in [-0.3, -0.25) is 4.79 Å². The first-order valence-electron chi connectivity index (χ1n) is 5.43. The van der Waals surface area contributed by atoms with Gasteiger partial charge < -0.3 is 15.2 Å². The summed E-state index contributed by atoms with van der Waals surface area (Å²) in [4.78, 5) is 11.8. The highest BCUT2D eigenvalue weighted by Crippen LogP contribution is 2.19.